The smallest absolute Gasteiger partial charge is 0.316 e. The molecule has 2 aliphatic rings. The summed E-state index contributed by atoms with van der Waals surface area (Å²) in [6.45, 7) is 2.22. The van der Waals surface area contributed by atoms with Crippen molar-refractivity contribution in [3.8, 4) is 0 Å². The molecule has 1 unspecified atom stereocenters. The fourth-order valence-corrected chi connectivity index (χ4v) is 4.86. The van der Waals surface area contributed by atoms with E-state index in [1.165, 1.54) is 32.8 Å². The van der Waals surface area contributed by atoms with E-state index in [2.05, 4.69) is 19.1 Å². The number of methoxy groups -OCH3 is 2. The molecule has 0 amide bonds. The molecule has 25 heavy (non-hydrogen) atoms. The summed E-state index contributed by atoms with van der Waals surface area (Å²) in [5, 5.41) is 0. The zero-order valence-corrected chi connectivity index (χ0v) is 16.1. The van der Waals surface area contributed by atoms with E-state index in [4.69, 9.17) is 9.47 Å². The number of carbonyl (C=O) groups is 2. The van der Waals surface area contributed by atoms with Gasteiger partial charge in [0, 0.05) is 7.11 Å². The zero-order chi connectivity index (χ0) is 18.3. The van der Waals surface area contributed by atoms with Gasteiger partial charge in [-0.3, -0.25) is 9.59 Å². The number of hydrogen-bond acceptors (Lipinski definition) is 4. The van der Waals surface area contributed by atoms with Crippen LogP contribution >= 0.6 is 0 Å². The van der Waals surface area contributed by atoms with E-state index in [1.54, 1.807) is 7.11 Å². The Hall–Kier alpha value is -1.16. The van der Waals surface area contributed by atoms with Crippen LogP contribution in [0.4, 0.5) is 0 Å². The highest BCUT2D eigenvalue weighted by Crippen LogP contribution is 2.53. The Morgan fingerprint density at radius 2 is 2.00 bits per heavy atom. The Bertz CT molecular complexity index is 484. The molecule has 0 aliphatic heterocycles. The summed E-state index contributed by atoms with van der Waals surface area (Å²) in [7, 11) is 3.06. The molecular formula is C21H34O4. The Kier molecular flexibility index (Phi) is 7.67. The minimum Gasteiger partial charge on any atom is -0.468 e. The van der Waals surface area contributed by atoms with Gasteiger partial charge in [0.25, 0.3) is 0 Å². The van der Waals surface area contributed by atoms with Gasteiger partial charge in [-0.2, -0.15) is 0 Å². The predicted molar refractivity (Wildman–Crippen MR) is 98.2 cm³/mol. The van der Waals surface area contributed by atoms with Crippen LogP contribution in [0.3, 0.4) is 0 Å². The summed E-state index contributed by atoms with van der Waals surface area (Å²) >= 11 is 0. The van der Waals surface area contributed by atoms with Gasteiger partial charge in [-0.15, -0.1) is 0 Å². The molecule has 0 radical (unpaired) electrons. The number of rotatable bonds is 8. The second kappa shape index (κ2) is 9.51. The number of allylic oxidation sites excluding steroid dienone is 2. The van der Waals surface area contributed by atoms with Crippen molar-refractivity contribution in [2.75, 3.05) is 14.2 Å². The van der Waals surface area contributed by atoms with Crippen molar-refractivity contribution in [1.29, 1.82) is 0 Å². The minimum atomic E-state index is -0.616. The van der Waals surface area contributed by atoms with Gasteiger partial charge < -0.3 is 9.47 Å². The van der Waals surface area contributed by atoms with Crippen molar-refractivity contribution in [1.82, 2.24) is 0 Å². The van der Waals surface area contributed by atoms with Crippen LogP contribution in [0.15, 0.2) is 12.2 Å². The molecule has 4 atom stereocenters. The van der Waals surface area contributed by atoms with Crippen LogP contribution in [0.2, 0.25) is 0 Å². The molecule has 2 rings (SSSR count). The van der Waals surface area contributed by atoms with Gasteiger partial charge in [0.2, 0.25) is 0 Å². The molecule has 4 heteroatoms. The fourth-order valence-electron chi connectivity index (χ4n) is 4.86. The molecule has 4 nitrogen and oxygen atoms in total. The van der Waals surface area contributed by atoms with E-state index in [1.807, 2.05) is 0 Å². The summed E-state index contributed by atoms with van der Waals surface area (Å²) in [6.07, 6.45) is 14.6. The Morgan fingerprint density at radius 3 is 2.68 bits per heavy atom. The van der Waals surface area contributed by atoms with Crippen molar-refractivity contribution in [2.24, 2.45) is 17.3 Å². The Morgan fingerprint density at radius 1 is 1.20 bits per heavy atom. The molecule has 0 N–H and O–H groups in total. The highest BCUT2D eigenvalue weighted by molar-refractivity contribution is 6.03. The summed E-state index contributed by atoms with van der Waals surface area (Å²) in [5.41, 5.74) is -0.536. The summed E-state index contributed by atoms with van der Waals surface area (Å²) in [5.74, 6) is -0.766. The van der Waals surface area contributed by atoms with Gasteiger partial charge in [0.05, 0.1) is 18.6 Å². The van der Waals surface area contributed by atoms with Crippen LogP contribution in [0.25, 0.3) is 0 Å². The highest BCUT2D eigenvalue weighted by atomic mass is 16.5. The summed E-state index contributed by atoms with van der Waals surface area (Å²) in [4.78, 5) is 25.4. The van der Waals surface area contributed by atoms with Crippen LogP contribution in [-0.2, 0) is 19.1 Å². The number of Topliss-reactive ketones (excluding diaryl/α,β-unsaturated/α-hetero) is 1. The van der Waals surface area contributed by atoms with E-state index >= 15 is 0 Å². The molecule has 0 aromatic heterocycles. The zero-order valence-electron chi connectivity index (χ0n) is 16.1. The Labute approximate surface area is 152 Å². The van der Waals surface area contributed by atoms with Crippen LogP contribution < -0.4 is 0 Å². The first-order chi connectivity index (χ1) is 12.1. The lowest BCUT2D eigenvalue weighted by Crippen LogP contribution is -2.52. The average Bonchev–Trinajstić information content (AvgIpc) is 3.05. The first kappa shape index (κ1) is 20.2. The first-order valence-electron chi connectivity index (χ1n) is 9.93. The van der Waals surface area contributed by atoms with Crippen LogP contribution in [0.5, 0.6) is 0 Å². The summed E-state index contributed by atoms with van der Waals surface area (Å²) in [6, 6.07) is 0. The second-order valence-electron chi connectivity index (χ2n) is 7.56. The molecule has 2 saturated carbocycles. The van der Waals surface area contributed by atoms with Crippen molar-refractivity contribution >= 4 is 11.8 Å². The summed E-state index contributed by atoms with van der Waals surface area (Å²) < 4.78 is 10.6. The van der Waals surface area contributed by atoms with E-state index in [0.29, 0.717) is 6.42 Å². The molecule has 142 valence electrons. The van der Waals surface area contributed by atoms with Gasteiger partial charge in [-0.25, -0.2) is 0 Å². The van der Waals surface area contributed by atoms with Gasteiger partial charge in [0.1, 0.15) is 5.92 Å². The standard InChI is InChI=1S/C21H34O4/c1-4-5-6-7-8-9-11-16-13-14-17(20(23)25-3)19(22)21(16)15-10-12-18(21)24-2/h9,11,16-18H,4-8,10,12-15H2,1-3H3/b11-9+/t16-,17?,18-,21-/m0/s1. The quantitative estimate of drug-likeness (QED) is 0.280. The van der Waals surface area contributed by atoms with E-state index in [9.17, 15) is 9.59 Å². The van der Waals surface area contributed by atoms with E-state index < -0.39 is 11.3 Å². The highest BCUT2D eigenvalue weighted by Gasteiger charge is 2.58. The lowest BCUT2D eigenvalue weighted by Gasteiger charge is -2.44. The third-order valence-corrected chi connectivity index (χ3v) is 6.20. The van der Waals surface area contributed by atoms with Crippen LogP contribution in [0.1, 0.15) is 71.1 Å². The fraction of sp³-hybridized carbons (Fsp3) is 0.810. The van der Waals surface area contributed by atoms with Crippen molar-refractivity contribution < 1.29 is 19.1 Å². The molecule has 0 aromatic carbocycles. The number of carbonyl (C=O) groups excluding carboxylic acids is 2. The molecule has 1 spiro atoms. The molecule has 0 aromatic rings. The number of esters is 1. The largest absolute Gasteiger partial charge is 0.468 e. The maximum Gasteiger partial charge on any atom is 0.316 e. The lowest BCUT2D eigenvalue weighted by atomic mass is 9.59. The molecule has 0 bridgehead atoms. The monoisotopic (exact) mass is 350 g/mol. The predicted octanol–water partition coefficient (Wildman–Crippen LogP) is 4.47. The molecular weight excluding hydrogens is 316 g/mol. The SMILES string of the molecule is CCCCCC/C=C/[C@H]1CCC(C(=O)OC)C(=O)[C@@]12CCC[C@@H]2OC. The third kappa shape index (κ3) is 4.16. The van der Waals surface area contributed by atoms with E-state index in [-0.39, 0.29) is 23.8 Å². The van der Waals surface area contributed by atoms with Gasteiger partial charge in [-0.1, -0.05) is 38.3 Å². The van der Waals surface area contributed by atoms with Gasteiger partial charge >= 0.3 is 5.97 Å². The van der Waals surface area contributed by atoms with Crippen molar-refractivity contribution in [3.05, 3.63) is 12.2 Å². The van der Waals surface area contributed by atoms with Gasteiger partial charge in [0.15, 0.2) is 5.78 Å². The second-order valence-corrected chi connectivity index (χ2v) is 7.56. The van der Waals surface area contributed by atoms with E-state index in [0.717, 1.165) is 32.1 Å². The maximum absolute atomic E-state index is 13.3. The Balaban J connectivity index is 2.14. The van der Waals surface area contributed by atoms with Crippen LogP contribution in [-0.4, -0.2) is 32.1 Å². The maximum atomic E-state index is 13.3. The average molecular weight is 350 g/mol. The minimum absolute atomic E-state index is 0.0515. The normalized spacial score (nSPS) is 32.6. The lowest BCUT2D eigenvalue weighted by molar-refractivity contribution is -0.161. The number of ether oxygens (including phenoxy) is 2. The van der Waals surface area contributed by atoms with Gasteiger partial charge in [-0.05, 0) is 50.9 Å². The third-order valence-electron chi connectivity index (χ3n) is 6.20. The molecule has 2 fully saturated rings. The number of hydrogen-bond donors (Lipinski definition) is 0. The molecule has 0 heterocycles. The number of unbranched alkanes of at least 4 members (excludes halogenated alkanes) is 4. The molecule has 0 saturated heterocycles. The molecule has 2 aliphatic carbocycles. The van der Waals surface area contributed by atoms with Crippen molar-refractivity contribution in [3.63, 3.8) is 0 Å². The van der Waals surface area contributed by atoms with Crippen LogP contribution in [0, 0.1) is 17.3 Å². The topological polar surface area (TPSA) is 52.6 Å². The first-order valence-corrected chi connectivity index (χ1v) is 9.93. The van der Waals surface area contributed by atoms with Crippen molar-refractivity contribution in [2.45, 2.75) is 77.2 Å². The number of ketones is 1.